The number of anilines is 1. The van der Waals surface area contributed by atoms with E-state index < -0.39 is 6.67 Å². The minimum atomic E-state index is -0.650. The molecule has 0 spiro atoms. The Balaban J connectivity index is 1.62. The second-order valence-electron chi connectivity index (χ2n) is 6.39. The van der Waals surface area contributed by atoms with Gasteiger partial charge in [0.25, 0.3) is 11.8 Å². The number of aryl methyl sites for hydroxylation is 1. The molecule has 0 amide bonds. The normalized spacial score (nSPS) is 11.0. The number of hydrogen-bond acceptors (Lipinski definition) is 8. The molecule has 0 saturated heterocycles. The monoisotopic (exact) mass is 444 g/mol. The highest BCUT2D eigenvalue weighted by Crippen LogP contribution is 2.37. The van der Waals surface area contributed by atoms with Gasteiger partial charge >= 0.3 is 0 Å². The van der Waals surface area contributed by atoms with Crippen molar-refractivity contribution in [2.24, 2.45) is 0 Å². The molecule has 31 heavy (non-hydrogen) atoms. The Hall–Kier alpha value is -3.47. The van der Waals surface area contributed by atoms with Crippen molar-refractivity contribution in [2.45, 2.75) is 11.8 Å². The van der Waals surface area contributed by atoms with Crippen molar-refractivity contribution >= 4 is 28.8 Å². The molecular weight excluding hydrogens is 423 g/mol. The first-order chi connectivity index (χ1) is 15.2. The van der Waals surface area contributed by atoms with Gasteiger partial charge in [-0.1, -0.05) is 12.1 Å². The van der Waals surface area contributed by atoms with E-state index in [1.807, 2.05) is 36.1 Å². The van der Waals surface area contributed by atoms with Gasteiger partial charge in [0.2, 0.25) is 11.7 Å². The molecule has 0 unspecified atom stereocenters. The number of fused-ring (bicyclic) bond motifs is 1. The van der Waals surface area contributed by atoms with Crippen LogP contribution in [0.3, 0.4) is 0 Å². The smallest absolute Gasteiger partial charge is 0.265 e. The number of alkyl halides is 1. The number of aromatic nitrogens is 5. The van der Waals surface area contributed by atoms with Gasteiger partial charge in [0.15, 0.2) is 0 Å². The lowest BCUT2D eigenvalue weighted by molar-refractivity contribution is 0.240. The third kappa shape index (κ3) is 4.08. The minimum Gasteiger partial charge on any atom is -0.481 e. The van der Waals surface area contributed by atoms with Gasteiger partial charge in [-0.25, -0.2) is 9.07 Å². The summed E-state index contributed by atoms with van der Waals surface area (Å²) in [6.07, 6.45) is 5.56. The molecule has 0 atom stereocenters. The van der Waals surface area contributed by atoms with E-state index in [1.165, 1.54) is 26.2 Å². The summed E-state index contributed by atoms with van der Waals surface area (Å²) < 4.78 is 33.3. The zero-order valence-corrected chi connectivity index (χ0v) is 18.0. The predicted octanol–water partition coefficient (Wildman–Crippen LogP) is 3.94. The van der Waals surface area contributed by atoms with Crippen LogP contribution < -0.4 is 18.9 Å². The molecule has 0 bridgehead atoms. The highest BCUT2D eigenvalue weighted by molar-refractivity contribution is 8.00. The Morgan fingerprint density at radius 2 is 1.97 bits per heavy atom. The van der Waals surface area contributed by atoms with E-state index >= 15 is 0 Å². The summed E-state index contributed by atoms with van der Waals surface area (Å²) in [5, 5.41) is 5.38. The Bertz CT molecular complexity index is 1160. The summed E-state index contributed by atoms with van der Waals surface area (Å²) in [7, 11) is 2.89. The maximum atomic E-state index is 12.5. The predicted molar refractivity (Wildman–Crippen MR) is 116 cm³/mol. The Labute approximate surface area is 182 Å². The highest BCUT2D eigenvalue weighted by atomic mass is 32.2. The first-order valence-corrected chi connectivity index (χ1v) is 10.2. The van der Waals surface area contributed by atoms with Crippen LogP contribution in [0.5, 0.6) is 17.5 Å². The summed E-state index contributed by atoms with van der Waals surface area (Å²) in [6, 6.07) is 5.99. The molecule has 4 aromatic rings. The zero-order chi connectivity index (χ0) is 21.8. The van der Waals surface area contributed by atoms with Crippen LogP contribution in [-0.2, 0) is 0 Å². The lowest BCUT2D eigenvalue weighted by Gasteiger charge is -2.13. The molecule has 0 aliphatic heterocycles. The molecule has 11 heteroatoms. The molecule has 3 heterocycles. The Morgan fingerprint density at radius 3 is 2.61 bits per heavy atom. The Morgan fingerprint density at radius 1 is 1.19 bits per heavy atom. The van der Waals surface area contributed by atoms with E-state index in [9.17, 15) is 4.39 Å². The van der Waals surface area contributed by atoms with Gasteiger partial charge in [-0.05, 0) is 30.5 Å². The van der Waals surface area contributed by atoms with E-state index in [2.05, 4.69) is 30.8 Å². The van der Waals surface area contributed by atoms with Gasteiger partial charge in [0.05, 0.1) is 30.3 Å². The number of H-pyrrole nitrogens is 1. The summed E-state index contributed by atoms with van der Waals surface area (Å²) in [5.74, 6) is 0.725. The average molecular weight is 444 g/mol. The molecule has 0 fully saturated rings. The number of nitrogens with zero attached hydrogens (tertiary/aromatic N) is 4. The quantitative estimate of drug-likeness (QED) is 0.375. The van der Waals surface area contributed by atoms with Crippen molar-refractivity contribution in [3.63, 3.8) is 0 Å². The Kier molecular flexibility index (Phi) is 6.12. The largest absolute Gasteiger partial charge is 0.481 e. The molecule has 1 aromatic carbocycles. The number of nitrogens with one attached hydrogen (secondary N) is 2. The van der Waals surface area contributed by atoms with Crippen LogP contribution in [0.2, 0.25) is 0 Å². The zero-order valence-electron chi connectivity index (χ0n) is 17.2. The maximum absolute atomic E-state index is 12.5. The summed E-state index contributed by atoms with van der Waals surface area (Å²) in [4.78, 5) is 12.9. The fraction of sp³-hybridized carbons (Fsp3) is 0.250. The van der Waals surface area contributed by atoms with E-state index in [0.29, 0.717) is 0 Å². The lowest BCUT2D eigenvalue weighted by Crippen LogP contribution is -2.07. The third-order valence-electron chi connectivity index (χ3n) is 4.49. The van der Waals surface area contributed by atoms with Gasteiger partial charge in [-0.3, -0.25) is 4.72 Å². The molecular formula is C20H21FN6O3S. The summed E-state index contributed by atoms with van der Waals surface area (Å²) >= 11 is 1.34. The van der Waals surface area contributed by atoms with Gasteiger partial charge in [0.1, 0.15) is 13.3 Å². The second-order valence-corrected chi connectivity index (χ2v) is 7.24. The number of rotatable bonds is 9. The van der Waals surface area contributed by atoms with Crippen molar-refractivity contribution in [1.29, 1.82) is 0 Å². The fourth-order valence-corrected chi connectivity index (χ4v) is 3.83. The highest BCUT2D eigenvalue weighted by Gasteiger charge is 2.19. The molecule has 0 saturated carbocycles. The summed E-state index contributed by atoms with van der Waals surface area (Å²) in [6.45, 7) is 1.25. The molecule has 2 N–H and O–H groups in total. The van der Waals surface area contributed by atoms with Gasteiger partial charge in [-0.15, -0.1) is 0 Å². The number of hydrogen-bond donors (Lipinski definition) is 2. The number of aromatic amines is 1. The van der Waals surface area contributed by atoms with Crippen LogP contribution >= 0.6 is 11.9 Å². The SMILES string of the molecule is COc1nc(NSc2c[nH]c3c(-n4cccn4)c(C)ccc23)nc(OC)c1OCCF. The summed E-state index contributed by atoms with van der Waals surface area (Å²) in [5.41, 5.74) is 3.06. The van der Waals surface area contributed by atoms with Crippen molar-refractivity contribution < 1.29 is 18.6 Å². The first-order valence-electron chi connectivity index (χ1n) is 9.38. The fourth-order valence-electron chi connectivity index (χ4n) is 3.14. The van der Waals surface area contributed by atoms with Crippen LogP contribution in [0.4, 0.5) is 10.3 Å². The molecule has 9 nitrogen and oxygen atoms in total. The third-order valence-corrected chi connectivity index (χ3v) is 5.33. The maximum Gasteiger partial charge on any atom is 0.265 e. The van der Waals surface area contributed by atoms with Crippen molar-refractivity contribution in [3.8, 4) is 23.2 Å². The molecule has 3 aromatic heterocycles. The molecule has 0 aliphatic rings. The molecule has 0 radical (unpaired) electrons. The van der Waals surface area contributed by atoms with Gasteiger partial charge < -0.3 is 19.2 Å². The second kappa shape index (κ2) is 9.13. The first kappa shape index (κ1) is 20.8. The van der Waals surface area contributed by atoms with Crippen LogP contribution in [0.1, 0.15) is 5.56 Å². The van der Waals surface area contributed by atoms with Gasteiger partial charge in [0, 0.05) is 24.0 Å². The van der Waals surface area contributed by atoms with Crippen LogP contribution in [-0.4, -0.2) is 52.2 Å². The topological polar surface area (TPSA) is 99.1 Å². The standard InChI is InChI=1S/C20H21FN6O3S/c1-12-5-6-13-14(11-22-15(13)16(12)27-9-4-8-23-27)31-26-20-24-18(28-2)17(30-10-7-21)19(25-20)29-3/h4-6,8-9,11,22H,7,10H2,1-3H3,(H,24,25,26). The number of ether oxygens (including phenoxy) is 3. The molecule has 4 rings (SSSR count). The number of methoxy groups -OCH3 is 2. The van der Waals surface area contributed by atoms with Crippen molar-refractivity contribution in [3.05, 3.63) is 42.4 Å². The van der Waals surface area contributed by atoms with E-state index in [1.54, 1.807) is 6.20 Å². The van der Waals surface area contributed by atoms with Crippen molar-refractivity contribution in [2.75, 3.05) is 32.2 Å². The lowest BCUT2D eigenvalue weighted by atomic mass is 10.1. The van der Waals surface area contributed by atoms with E-state index in [-0.39, 0.29) is 30.1 Å². The minimum absolute atomic E-state index is 0.148. The van der Waals surface area contributed by atoms with Crippen LogP contribution in [0.15, 0.2) is 41.7 Å². The van der Waals surface area contributed by atoms with Crippen LogP contribution in [0.25, 0.3) is 16.6 Å². The van der Waals surface area contributed by atoms with E-state index in [0.717, 1.165) is 27.0 Å². The number of halogens is 1. The number of benzene rings is 1. The average Bonchev–Trinajstić information content (AvgIpc) is 3.46. The van der Waals surface area contributed by atoms with Gasteiger partial charge in [-0.2, -0.15) is 15.1 Å². The van der Waals surface area contributed by atoms with E-state index in [4.69, 9.17) is 14.2 Å². The van der Waals surface area contributed by atoms with Crippen LogP contribution in [0, 0.1) is 6.92 Å². The molecule has 162 valence electrons. The van der Waals surface area contributed by atoms with Crippen molar-refractivity contribution in [1.82, 2.24) is 24.7 Å². The molecule has 0 aliphatic carbocycles.